The van der Waals surface area contributed by atoms with Crippen LogP contribution in [-0.2, 0) is 19.6 Å². The van der Waals surface area contributed by atoms with Crippen LogP contribution in [-0.4, -0.2) is 31.1 Å². The van der Waals surface area contributed by atoms with Crippen molar-refractivity contribution in [1.29, 1.82) is 5.26 Å². The lowest BCUT2D eigenvalue weighted by molar-refractivity contribution is 0.249. The molecular formula is C26H28N4. The van der Waals surface area contributed by atoms with E-state index in [1.54, 1.807) is 0 Å². The molecule has 152 valence electrons. The Morgan fingerprint density at radius 2 is 1.50 bits per heavy atom. The van der Waals surface area contributed by atoms with Crippen LogP contribution in [0.1, 0.15) is 22.3 Å². The first-order valence-electron chi connectivity index (χ1n) is 10.6. The second kappa shape index (κ2) is 10.1. The number of hydrogen-bond acceptors (Lipinski definition) is 4. The van der Waals surface area contributed by atoms with Gasteiger partial charge in [-0.3, -0.25) is 4.90 Å². The molecule has 0 amide bonds. The Bertz CT molecular complexity index is 985. The Kier molecular flexibility index (Phi) is 6.76. The molecule has 4 nitrogen and oxygen atoms in total. The Morgan fingerprint density at radius 3 is 2.27 bits per heavy atom. The number of anilines is 1. The van der Waals surface area contributed by atoms with Gasteiger partial charge in [0.15, 0.2) is 0 Å². The molecule has 0 unspecified atom stereocenters. The van der Waals surface area contributed by atoms with Crippen LogP contribution in [0, 0.1) is 11.3 Å². The highest BCUT2D eigenvalue weighted by Gasteiger charge is 2.18. The van der Waals surface area contributed by atoms with Gasteiger partial charge in [0.1, 0.15) is 0 Å². The van der Waals surface area contributed by atoms with E-state index in [0.717, 1.165) is 51.4 Å². The molecule has 0 saturated carbocycles. The average molecular weight is 397 g/mol. The standard InChI is InChI=1S/C26H28N4/c27-18-22-7-6-8-23(17-22)19-28-20-24-9-4-5-10-25(24)21-29-13-15-30(16-14-29)26-11-2-1-3-12-26/h1-12,17,28H,13-16,19-21H2. The zero-order chi connectivity index (χ0) is 20.6. The van der Waals surface area contributed by atoms with Crippen LogP contribution in [0.4, 0.5) is 5.69 Å². The van der Waals surface area contributed by atoms with Crippen molar-refractivity contribution >= 4 is 5.69 Å². The third-order valence-corrected chi connectivity index (χ3v) is 5.71. The second-order valence-electron chi connectivity index (χ2n) is 7.78. The summed E-state index contributed by atoms with van der Waals surface area (Å²) in [7, 11) is 0. The summed E-state index contributed by atoms with van der Waals surface area (Å²) >= 11 is 0. The molecule has 0 atom stereocenters. The van der Waals surface area contributed by atoms with Gasteiger partial charge in [-0.05, 0) is 41.0 Å². The maximum atomic E-state index is 9.06. The number of para-hydroxylation sites is 1. The zero-order valence-electron chi connectivity index (χ0n) is 17.3. The van der Waals surface area contributed by atoms with Gasteiger partial charge in [0.2, 0.25) is 0 Å². The fourth-order valence-corrected chi connectivity index (χ4v) is 4.02. The number of piperazine rings is 1. The fourth-order valence-electron chi connectivity index (χ4n) is 4.02. The molecular weight excluding hydrogens is 368 g/mol. The molecule has 30 heavy (non-hydrogen) atoms. The first kappa shape index (κ1) is 20.2. The Morgan fingerprint density at radius 1 is 0.767 bits per heavy atom. The molecule has 1 saturated heterocycles. The Hall–Kier alpha value is -3.13. The van der Waals surface area contributed by atoms with Crippen molar-refractivity contribution in [3.8, 4) is 6.07 Å². The highest BCUT2D eigenvalue weighted by atomic mass is 15.3. The molecule has 1 N–H and O–H groups in total. The largest absolute Gasteiger partial charge is 0.369 e. The van der Waals surface area contributed by atoms with E-state index in [-0.39, 0.29) is 0 Å². The van der Waals surface area contributed by atoms with Gasteiger partial charge in [-0.1, -0.05) is 54.6 Å². The van der Waals surface area contributed by atoms with E-state index in [9.17, 15) is 0 Å². The van der Waals surface area contributed by atoms with Gasteiger partial charge >= 0.3 is 0 Å². The number of nitrogens with zero attached hydrogens (tertiary/aromatic N) is 3. The van der Waals surface area contributed by atoms with Crippen molar-refractivity contribution in [2.45, 2.75) is 19.6 Å². The molecule has 0 aliphatic carbocycles. The quantitative estimate of drug-likeness (QED) is 0.651. The first-order chi connectivity index (χ1) is 14.8. The van der Waals surface area contributed by atoms with Gasteiger partial charge in [0.25, 0.3) is 0 Å². The molecule has 0 aromatic heterocycles. The molecule has 4 rings (SSSR count). The summed E-state index contributed by atoms with van der Waals surface area (Å²) in [5, 5.41) is 12.6. The predicted octanol–water partition coefficient (Wildman–Crippen LogP) is 4.17. The van der Waals surface area contributed by atoms with E-state index in [1.165, 1.54) is 16.8 Å². The molecule has 3 aromatic carbocycles. The van der Waals surface area contributed by atoms with Crippen molar-refractivity contribution in [3.63, 3.8) is 0 Å². The lowest BCUT2D eigenvalue weighted by Gasteiger charge is -2.36. The van der Waals surface area contributed by atoms with Crippen LogP contribution in [0.3, 0.4) is 0 Å². The zero-order valence-corrected chi connectivity index (χ0v) is 17.3. The summed E-state index contributed by atoms with van der Waals surface area (Å²) in [6.07, 6.45) is 0. The van der Waals surface area contributed by atoms with Gasteiger partial charge in [0, 0.05) is 51.5 Å². The van der Waals surface area contributed by atoms with Gasteiger partial charge < -0.3 is 10.2 Å². The lowest BCUT2D eigenvalue weighted by atomic mass is 10.1. The summed E-state index contributed by atoms with van der Waals surface area (Å²) in [6, 6.07) is 29.4. The molecule has 3 aromatic rings. The number of hydrogen-bond donors (Lipinski definition) is 1. The van der Waals surface area contributed by atoms with Crippen molar-refractivity contribution in [2.75, 3.05) is 31.1 Å². The summed E-state index contributed by atoms with van der Waals surface area (Å²) in [6.45, 7) is 6.88. The molecule has 1 fully saturated rings. The van der Waals surface area contributed by atoms with Crippen LogP contribution in [0.2, 0.25) is 0 Å². The summed E-state index contributed by atoms with van der Waals surface area (Å²) < 4.78 is 0. The maximum Gasteiger partial charge on any atom is 0.0991 e. The van der Waals surface area contributed by atoms with Crippen molar-refractivity contribution < 1.29 is 0 Å². The first-order valence-corrected chi connectivity index (χ1v) is 10.6. The molecule has 4 heteroatoms. The van der Waals surface area contributed by atoms with Crippen LogP contribution in [0.5, 0.6) is 0 Å². The molecule has 0 bridgehead atoms. The van der Waals surface area contributed by atoms with Gasteiger partial charge in [0.05, 0.1) is 11.6 Å². The summed E-state index contributed by atoms with van der Waals surface area (Å²) in [5.41, 5.74) is 5.92. The monoisotopic (exact) mass is 396 g/mol. The van der Waals surface area contributed by atoms with Crippen LogP contribution in [0.25, 0.3) is 0 Å². The third kappa shape index (κ3) is 5.27. The van der Waals surface area contributed by atoms with Crippen molar-refractivity contribution in [3.05, 3.63) is 101 Å². The van der Waals surface area contributed by atoms with Gasteiger partial charge in [-0.15, -0.1) is 0 Å². The third-order valence-electron chi connectivity index (χ3n) is 5.71. The normalized spacial score (nSPS) is 14.4. The summed E-state index contributed by atoms with van der Waals surface area (Å²) in [5.74, 6) is 0. The van der Waals surface area contributed by atoms with E-state index in [2.05, 4.69) is 81.8 Å². The molecule has 0 spiro atoms. The predicted molar refractivity (Wildman–Crippen MR) is 122 cm³/mol. The minimum Gasteiger partial charge on any atom is -0.369 e. The molecule has 1 aliphatic rings. The smallest absolute Gasteiger partial charge is 0.0991 e. The van der Waals surface area contributed by atoms with Gasteiger partial charge in [-0.25, -0.2) is 0 Å². The number of nitrogens with one attached hydrogen (secondary N) is 1. The molecule has 0 radical (unpaired) electrons. The topological polar surface area (TPSA) is 42.3 Å². The van der Waals surface area contributed by atoms with Crippen LogP contribution in [0.15, 0.2) is 78.9 Å². The number of rotatable bonds is 7. The number of nitriles is 1. The van der Waals surface area contributed by atoms with Crippen LogP contribution < -0.4 is 10.2 Å². The highest BCUT2D eigenvalue weighted by molar-refractivity contribution is 5.46. The van der Waals surface area contributed by atoms with E-state index < -0.39 is 0 Å². The lowest BCUT2D eigenvalue weighted by Crippen LogP contribution is -2.46. The van der Waals surface area contributed by atoms with Crippen molar-refractivity contribution in [2.24, 2.45) is 0 Å². The second-order valence-corrected chi connectivity index (χ2v) is 7.78. The van der Waals surface area contributed by atoms with E-state index in [4.69, 9.17) is 5.26 Å². The van der Waals surface area contributed by atoms with E-state index in [0.29, 0.717) is 5.56 Å². The Balaban J connectivity index is 1.31. The Labute approximate surface area is 179 Å². The minimum absolute atomic E-state index is 0.712. The average Bonchev–Trinajstić information content (AvgIpc) is 2.81. The van der Waals surface area contributed by atoms with Gasteiger partial charge in [-0.2, -0.15) is 5.26 Å². The number of benzene rings is 3. The SMILES string of the molecule is N#Cc1cccc(CNCc2ccccc2CN2CCN(c3ccccc3)CC2)c1. The van der Waals surface area contributed by atoms with E-state index >= 15 is 0 Å². The summed E-state index contributed by atoms with van der Waals surface area (Å²) in [4.78, 5) is 5.02. The molecule has 1 aliphatic heterocycles. The van der Waals surface area contributed by atoms with E-state index in [1.807, 2.05) is 18.2 Å². The fraction of sp³-hybridized carbons (Fsp3) is 0.269. The minimum atomic E-state index is 0.712. The van der Waals surface area contributed by atoms with Crippen molar-refractivity contribution in [1.82, 2.24) is 10.2 Å². The highest BCUT2D eigenvalue weighted by Crippen LogP contribution is 2.18. The van der Waals surface area contributed by atoms with Crippen LogP contribution >= 0.6 is 0 Å². The maximum absolute atomic E-state index is 9.06. The molecule has 1 heterocycles.